The van der Waals surface area contributed by atoms with Crippen molar-refractivity contribution in [2.24, 2.45) is 0 Å². The number of rotatable bonds is 0. The van der Waals surface area contributed by atoms with Crippen molar-refractivity contribution in [1.82, 2.24) is 5.06 Å². The van der Waals surface area contributed by atoms with E-state index in [-0.39, 0.29) is 0 Å². The van der Waals surface area contributed by atoms with Gasteiger partial charge >= 0.3 is 0 Å². The molecule has 12 heavy (non-hydrogen) atoms. The van der Waals surface area contributed by atoms with Gasteiger partial charge in [-0.25, -0.2) is 5.06 Å². The largest absolute Gasteiger partial charge is 0.284 e. The van der Waals surface area contributed by atoms with E-state index in [1.807, 2.05) is 18.2 Å². The van der Waals surface area contributed by atoms with Crippen LogP contribution in [-0.2, 0) is 0 Å². The van der Waals surface area contributed by atoms with Crippen LogP contribution < -0.4 is 0 Å². The second-order valence-electron chi connectivity index (χ2n) is 2.87. The molecule has 1 aliphatic heterocycles. The summed E-state index contributed by atoms with van der Waals surface area (Å²) in [4.78, 5) is 0. The number of fused-ring (bicyclic) bond motifs is 1. The summed E-state index contributed by atoms with van der Waals surface area (Å²) in [6.07, 6.45) is 13.7. The Morgan fingerprint density at radius 3 is 2.92 bits per heavy atom. The van der Waals surface area contributed by atoms with Crippen molar-refractivity contribution in [3.8, 4) is 0 Å². The molecule has 1 N–H and O–H groups in total. The third kappa shape index (κ3) is 1.21. The zero-order chi connectivity index (χ0) is 8.39. The molecular weight excluding hydrogens is 150 g/mol. The third-order valence-corrected chi connectivity index (χ3v) is 2.03. The molecule has 0 saturated carbocycles. The molecule has 2 aliphatic rings. The van der Waals surface area contributed by atoms with E-state index < -0.39 is 0 Å². The highest BCUT2D eigenvalue weighted by atomic mass is 16.5. The lowest BCUT2D eigenvalue weighted by Gasteiger charge is -2.18. The number of nitrogens with zero attached hydrogens (tertiary/aromatic N) is 1. The molecule has 0 spiro atoms. The molecular formula is C10H11NO. The Morgan fingerprint density at radius 2 is 2.00 bits per heavy atom. The highest BCUT2D eigenvalue weighted by Gasteiger charge is 2.11. The third-order valence-electron chi connectivity index (χ3n) is 2.03. The van der Waals surface area contributed by atoms with Crippen LogP contribution in [0.3, 0.4) is 0 Å². The topological polar surface area (TPSA) is 23.5 Å². The van der Waals surface area contributed by atoms with Crippen molar-refractivity contribution in [2.45, 2.75) is 12.8 Å². The van der Waals surface area contributed by atoms with Gasteiger partial charge in [0.15, 0.2) is 0 Å². The van der Waals surface area contributed by atoms with Gasteiger partial charge in [0.1, 0.15) is 0 Å². The molecule has 62 valence electrons. The van der Waals surface area contributed by atoms with Gasteiger partial charge in [0.2, 0.25) is 0 Å². The number of allylic oxidation sites excluding steroid dienone is 5. The Bertz CT molecular complexity index is 297. The van der Waals surface area contributed by atoms with Crippen molar-refractivity contribution < 1.29 is 5.21 Å². The minimum Gasteiger partial charge on any atom is -0.284 e. The highest BCUT2D eigenvalue weighted by molar-refractivity contribution is 5.43. The standard InChI is InChI=1S/C10H11NO/c12-11-8-4-3-6-9-5-1-2-7-10(9)11/h3-8,12H,1-2H2. The van der Waals surface area contributed by atoms with Gasteiger partial charge in [0, 0.05) is 6.20 Å². The minimum atomic E-state index is 0.895. The van der Waals surface area contributed by atoms with Crippen molar-refractivity contribution in [2.75, 3.05) is 0 Å². The second kappa shape index (κ2) is 2.99. The molecule has 0 fully saturated rings. The Morgan fingerprint density at radius 1 is 1.17 bits per heavy atom. The fraction of sp³-hybridized carbons (Fsp3) is 0.200. The lowest BCUT2D eigenvalue weighted by Crippen LogP contribution is -2.12. The molecule has 0 saturated heterocycles. The molecule has 0 radical (unpaired) electrons. The summed E-state index contributed by atoms with van der Waals surface area (Å²) in [6, 6.07) is 0. The monoisotopic (exact) mass is 161 g/mol. The van der Waals surface area contributed by atoms with E-state index in [1.165, 1.54) is 5.06 Å². The molecule has 2 rings (SSSR count). The van der Waals surface area contributed by atoms with Crippen LogP contribution in [0.4, 0.5) is 0 Å². The Kier molecular flexibility index (Phi) is 1.84. The molecule has 2 nitrogen and oxygen atoms in total. The van der Waals surface area contributed by atoms with Crippen LogP contribution >= 0.6 is 0 Å². The first-order valence-corrected chi connectivity index (χ1v) is 4.11. The fourth-order valence-electron chi connectivity index (χ4n) is 1.43. The number of hydrogen-bond acceptors (Lipinski definition) is 2. The molecule has 0 unspecified atom stereocenters. The minimum absolute atomic E-state index is 0.895. The maximum absolute atomic E-state index is 9.48. The zero-order valence-corrected chi connectivity index (χ0v) is 6.77. The maximum atomic E-state index is 9.48. The molecule has 2 heteroatoms. The predicted octanol–water partition coefficient (Wildman–Crippen LogP) is 2.37. The first-order valence-electron chi connectivity index (χ1n) is 4.11. The Balaban J connectivity index is 2.39. The average Bonchev–Trinajstić information content (AvgIpc) is 2.29. The second-order valence-corrected chi connectivity index (χ2v) is 2.87. The first kappa shape index (κ1) is 7.37. The molecule has 0 aromatic heterocycles. The van der Waals surface area contributed by atoms with Gasteiger partial charge in [0.05, 0.1) is 5.70 Å². The Labute approximate surface area is 71.8 Å². The molecule has 0 aromatic carbocycles. The summed E-state index contributed by atoms with van der Waals surface area (Å²) in [5, 5.41) is 10.7. The van der Waals surface area contributed by atoms with Gasteiger partial charge < -0.3 is 0 Å². The van der Waals surface area contributed by atoms with E-state index in [0.717, 1.165) is 24.1 Å². The average molecular weight is 161 g/mol. The van der Waals surface area contributed by atoms with E-state index in [1.54, 1.807) is 6.20 Å². The van der Waals surface area contributed by atoms with Crippen LogP contribution in [0, 0.1) is 0 Å². The summed E-state index contributed by atoms with van der Waals surface area (Å²) < 4.78 is 0. The van der Waals surface area contributed by atoms with E-state index in [2.05, 4.69) is 12.2 Å². The van der Waals surface area contributed by atoms with E-state index in [4.69, 9.17) is 0 Å². The lowest BCUT2D eigenvalue weighted by atomic mass is 10.0. The van der Waals surface area contributed by atoms with Gasteiger partial charge in [-0.05, 0) is 24.5 Å². The summed E-state index contributed by atoms with van der Waals surface area (Å²) in [5.74, 6) is 0. The van der Waals surface area contributed by atoms with Crippen molar-refractivity contribution >= 4 is 0 Å². The first-order chi connectivity index (χ1) is 5.88. The van der Waals surface area contributed by atoms with Crippen molar-refractivity contribution in [3.05, 3.63) is 47.9 Å². The number of hydrogen-bond donors (Lipinski definition) is 1. The quantitative estimate of drug-likeness (QED) is 0.589. The van der Waals surface area contributed by atoms with Gasteiger partial charge in [-0.15, -0.1) is 0 Å². The lowest BCUT2D eigenvalue weighted by molar-refractivity contribution is -0.000790. The fourth-order valence-corrected chi connectivity index (χ4v) is 1.43. The van der Waals surface area contributed by atoms with Gasteiger partial charge in [0.25, 0.3) is 0 Å². The summed E-state index contributed by atoms with van der Waals surface area (Å²) in [7, 11) is 0. The molecule has 0 aromatic rings. The van der Waals surface area contributed by atoms with Gasteiger partial charge in [-0.3, -0.25) is 5.21 Å². The van der Waals surface area contributed by atoms with Crippen LogP contribution in [0.25, 0.3) is 0 Å². The van der Waals surface area contributed by atoms with Crippen molar-refractivity contribution in [3.63, 3.8) is 0 Å². The maximum Gasteiger partial charge on any atom is 0.0715 e. The van der Waals surface area contributed by atoms with E-state index in [0.29, 0.717) is 0 Å². The highest BCUT2D eigenvalue weighted by Crippen LogP contribution is 2.23. The van der Waals surface area contributed by atoms with Gasteiger partial charge in [-0.1, -0.05) is 24.3 Å². The van der Waals surface area contributed by atoms with Crippen molar-refractivity contribution in [1.29, 1.82) is 0 Å². The van der Waals surface area contributed by atoms with E-state index in [9.17, 15) is 5.21 Å². The molecule has 0 atom stereocenters. The smallest absolute Gasteiger partial charge is 0.0715 e. The van der Waals surface area contributed by atoms with Gasteiger partial charge in [-0.2, -0.15) is 0 Å². The summed E-state index contributed by atoms with van der Waals surface area (Å²) in [6.45, 7) is 0. The SMILES string of the molecule is ON1C=CC=CC2=CCCC=C21. The summed E-state index contributed by atoms with van der Waals surface area (Å²) >= 11 is 0. The van der Waals surface area contributed by atoms with Crippen LogP contribution in [-0.4, -0.2) is 10.3 Å². The summed E-state index contributed by atoms with van der Waals surface area (Å²) in [5.41, 5.74) is 2.00. The molecule has 1 aliphatic carbocycles. The van der Waals surface area contributed by atoms with Crippen LogP contribution in [0.2, 0.25) is 0 Å². The normalized spacial score (nSPS) is 21.2. The van der Waals surface area contributed by atoms with E-state index >= 15 is 0 Å². The van der Waals surface area contributed by atoms with Crippen LogP contribution in [0.15, 0.2) is 47.9 Å². The van der Waals surface area contributed by atoms with Crippen LogP contribution in [0.1, 0.15) is 12.8 Å². The molecule has 0 bridgehead atoms. The predicted molar refractivity (Wildman–Crippen MR) is 47.3 cm³/mol. The van der Waals surface area contributed by atoms with Crippen LogP contribution in [0.5, 0.6) is 0 Å². The molecule has 0 amide bonds. The number of hydroxylamine groups is 2. The zero-order valence-electron chi connectivity index (χ0n) is 6.77. The molecule has 1 heterocycles. The Hall–Kier alpha value is -1.28.